The summed E-state index contributed by atoms with van der Waals surface area (Å²) in [6.07, 6.45) is 7.47. The minimum absolute atomic E-state index is 0.503. The molecule has 0 bridgehead atoms. The maximum absolute atomic E-state index is 11.6. The lowest BCUT2D eigenvalue weighted by Crippen LogP contribution is -2.07. The molecule has 1 unspecified atom stereocenters. The lowest BCUT2D eigenvalue weighted by Gasteiger charge is -2.07. The van der Waals surface area contributed by atoms with E-state index in [4.69, 9.17) is 0 Å². The van der Waals surface area contributed by atoms with Crippen molar-refractivity contribution in [3.8, 4) is 0 Å². The Morgan fingerprint density at radius 1 is 1.33 bits per heavy atom. The van der Waals surface area contributed by atoms with Crippen LogP contribution in [0, 0.1) is 6.08 Å². The number of benzene rings is 1. The third-order valence-electron chi connectivity index (χ3n) is 1.84. The van der Waals surface area contributed by atoms with Crippen LogP contribution in [0.15, 0.2) is 49.1 Å². The second-order valence-electron chi connectivity index (χ2n) is 3.15. The van der Waals surface area contributed by atoms with Crippen LogP contribution in [-0.4, -0.2) is 10.3 Å². The molecule has 15 heavy (non-hydrogen) atoms. The van der Waals surface area contributed by atoms with Gasteiger partial charge in [-0.25, -0.2) is 0 Å². The van der Waals surface area contributed by atoms with E-state index in [0.717, 1.165) is 12.0 Å². The highest BCUT2D eigenvalue weighted by molar-refractivity contribution is 7.90. The van der Waals surface area contributed by atoms with Crippen LogP contribution in [-0.2, 0) is 16.9 Å². The Balaban J connectivity index is 2.30. The van der Waals surface area contributed by atoms with Crippen LogP contribution in [0.2, 0.25) is 0 Å². The second-order valence-corrected chi connectivity index (χ2v) is 4.60. The van der Waals surface area contributed by atoms with Gasteiger partial charge < -0.3 is 4.55 Å². The molecule has 1 nitrogen and oxygen atoms in total. The Bertz CT molecular complexity index is 306. The van der Waals surface area contributed by atoms with Crippen molar-refractivity contribution < 1.29 is 4.55 Å². The van der Waals surface area contributed by atoms with Gasteiger partial charge in [0.1, 0.15) is 11.5 Å². The highest BCUT2D eigenvalue weighted by atomic mass is 32.2. The summed E-state index contributed by atoms with van der Waals surface area (Å²) in [5, 5.41) is 0. The first-order chi connectivity index (χ1) is 7.33. The molecular weight excluding hydrogens is 204 g/mol. The molecule has 1 aromatic rings. The molecule has 0 amide bonds. The average Bonchev–Trinajstić information content (AvgIpc) is 2.26. The van der Waals surface area contributed by atoms with E-state index in [2.05, 4.69) is 12.7 Å². The van der Waals surface area contributed by atoms with Gasteiger partial charge in [-0.05, 0) is 17.6 Å². The van der Waals surface area contributed by atoms with E-state index < -0.39 is 11.2 Å². The van der Waals surface area contributed by atoms with Crippen LogP contribution in [0.3, 0.4) is 0 Å². The van der Waals surface area contributed by atoms with E-state index in [1.54, 1.807) is 6.08 Å². The molecule has 0 aromatic heterocycles. The highest BCUT2D eigenvalue weighted by Gasteiger charge is 2.04. The van der Waals surface area contributed by atoms with Crippen LogP contribution in [0.5, 0.6) is 0 Å². The van der Waals surface area contributed by atoms with Gasteiger partial charge in [-0.1, -0.05) is 42.5 Å². The normalized spacial score (nSPS) is 12.9. The van der Waals surface area contributed by atoms with Gasteiger partial charge in [0.2, 0.25) is 0 Å². The lowest BCUT2D eigenvalue weighted by molar-refractivity contribution is 0.596. The largest absolute Gasteiger partial charge is 0.616 e. The lowest BCUT2D eigenvalue weighted by atomic mass is 10.2. The maximum Gasteiger partial charge on any atom is 0.131 e. The minimum atomic E-state index is -0.851. The molecule has 1 aromatic carbocycles. The highest BCUT2D eigenvalue weighted by Crippen LogP contribution is 2.06. The Morgan fingerprint density at radius 3 is 2.73 bits per heavy atom. The summed E-state index contributed by atoms with van der Waals surface area (Å²) in [6.45, 7) is 3.60. The van der Waals surface area contributed by atoms with Gasteiger partial charge >= 0.3 is 0 Å². The standard InChI is InChI=1S/C13H15OS/c1-2-3-4-8-11-15(14)12-13-9-6-5-7-10-13/h2,4-7,9-10H,1,3,11-12H2. The first-order valence-electron chi connectivity index (χ1n) is 4.88. The van der Waals surface area contributed by atoms with Crippen LogP contribution in [0.4, 0.5) is 0 Å². The second kappa shape index (κ2) is 7.32. The maximum atomic E-state index is 11.6. The zero-order chi connectivity index (χ0) is 10.9. The summed E-state index contributed by atoms with van der Waals surface area (Å²) in [6, 6.07) is 9.87. The van der Waals surface area contributed by atoms with E-state index in [1.165, 1.54) is 0 Å². The molecule has 0 spiro atoms. The number of allylic oxidation sites excluding steroid dienone is 2. The minimum Gasteiger partial charge on any atom is -0.616 e. The van der Waals surface area contributed by atoms with Crippen molar-refractivity contribution in [3.63, 3.8) is 0 Å². The fourth-order valence-electron chi connectivity index (χ4n) is 1.13. The van der Waals surface area contributed by atoms with Crippen molar-refractivity contribution in [1.29, 1.82) is 0 Å². The zero-order valence-electron chi connectivity index (χ0n) is 8.69. The number of rotatable bonds is 6. The predicted octanol–water partition coefficient (Wildman–Crippen LogP) is 2.87. The summed E-state index contributed by atoms with van der Waals surface area (Å²) in [5.74, 6) is 1.11. The molecule has 0 aliphatic heterocycles. The Kier molecular flexibility index (Phi) is 5.90. The summed E-state index contributed by atoms with van der Waals surface area (Å²) >= 11 is -0.851. The van der Waals surface area contributed by atoms with Gasteiger partial charge in [-0.2, -0.15) is 0 Å². The first-order valence-corrected chi connectivity index (χ1v) is 6.36. The zero-order valence-corrected chi connectivity index (χ0v) is 9.50. The van der Waals surface area contributed by atoms with Crippen molar-refractivity contribution in [3.05, 3.63) is 60.7 Å². The van der Waals surface area contributed by atoms with E-state index in [-0.39, 0.29) is 0 Å². The van der Waals surface area contributed by atoms with E-state index in [9.17, 15) is 4.55 Å². The predicted molar refractivity (Wildman–Crippen MR) is 65.8 cm³/mol. The van der Waals surface area contributed by atoms with Crippen molar-refractivity contribution in [2.24, 2.45) is 0 Å². The van der Waals surface area contributed by atoms with Crippen LogP contribution in [0.25, 0.3) is 0 Å². The first kappa shape index (κ1) is 12.1. The fraction of sp³-hybridized carbons (Fsp3) is 0.231. The van der Waals surface area contributed by atoms with E-state index in [0.29, 0.717) is 11.5 Å². The molecule has 0 heterocycles. The van der Waals surface area contributed by atoms with Crippen molar-refractivity contribution in [2.45, 2.75) is 12.2 Å². The van der Waals surface area contributed by atoms with Gasteiger partial charge in [0.15, 0.2) is 0 Å². The third kappa shape index (κ3) is 5.45. The Morgan fingerprint density at radius 2 is 2.07 bits per heavy atom. The van der Waals surface area contributed by atoms with Crippen molar-refractivity contribution in [1.82, 2.24) is 0 Å². The third-order valence-corrected chi connectivity index (χ3v) is 2.99. The summed E-state index contributed by atoms with van der Waals surface area (Å²) < 4.78 is 11.6. The van der Waals surface area contributed by atoms with Crippen molar-refractivity contribution in [2.75, 3.05) is 5.75 Å². The summed E-state index contributed by atoms with van der Waals surface area (Å²) in [5.41, 5.74) is 1.11. The molecule has 0 fully saturated rings. The molecule has 1 atom stereocenters. The summed E-state index contributed by atoms with van der Waals surface area (Å²) in [7, 11) is 0. The molecule has 0 aliphatic rings. The molecule has 0 saturated heterocycles. The average molecular weight is 219 g/mol. The van der Waals surface area contributed by atoms with Gasteiger partial charge in [-0.15, -0.1) is 6.58 Å². The molecule has 2 heteroatoms. The molecule has 0 saturated carbocycles. The quantitative estimate of drug-likeness (QED) is 0.533. The molecular formula is C13H15OS. The SMILES string of the molecule is C=CC/C=[C]\C[S+]([O-])Cc1ccccc1. The van der Waals surface area contributed by atoms with Gasteiger partial charge in [0, 0.05) is 11.6 Å². The van der Waals surface area contributed by atoms with Gasteiger partial charge in [-0.3, -0.25) is 0 Å². The molecule has 1 radical (unpaired) electrons. The summed E-state index contributed by atoms with van der Waals surface area (Å²) in [4.78, 5) is 0. The molecule has 0 aliphatic carbocycles. The number of hydrogen-bond donors (Lipinski definition) is 0. The van der Waals surface area contributed by atoms with Gasteiger partial charge in [0.25, 0.3) is 0 Å². The van der Waals surface area contributed by atoms with Crippen LogP contribution < -0.4 is 0 Å². The monoisotopic (exact) mass is 219 g/mol. The Labute approximate surface area is 94.7 Å². The molecule has 79 valence electrons. The smallest absolute Gasteiger partial charge is 0.131 e. The molecule has 1 rings (SSSR count). The Hall–Kier alpha value is -0.990. The van der Waals surface area contributed by atoms with Crippen LogP contribution >= 0.6 is 0 Å². The number of hydrogen-bond acceptors (Lipinski definition) is 1. The fourth-order valence-corrected chi connectivity index (χ4v) is 2.10. The van der Waals surface area contributed by atoms with E-state index in [1.807, 2.05) is 36.4 Å². The molecule has 0 N–H and O–H groups in total. The van der Waals surface area contributed by atoms with Gasteiger partial charge in [0.05, 0.1) is 0 Å². The van der Waals surface area contributed by atoms with Crippen LogP contribution in [0.1, 0.15) is 12.0 Å². The van der Waals surface area contributed by atoms with E-state index >= 15 is 0 Å². The topological polar surface area (TPSA) is 23.1 Å². The van der Waals surface area contributed by atoms with Crippen molar-refractivity contribution >= 4 is 11.2 Å².